The highest BCUT2D eigenvalue weighted by Crippen LogP contribution is 2.42. The quantitative estimate of drug-likeness (QED) is 0.685. The van der Waals surface area contributed by atoms with Gasteiger partial charge in [-0.3, -0.25) is 4.79 Å². The predicted octanol–water partition coefficient (Wildman–Crippen LogP) is 4.23. The zero-order valence-electron chi connectivity index (χ0n) is 19.2. The average molecular weight is 443 g/mol. The number of hydrogen-bond donors (Lipinski definition) is 1. The van der Waals surface area contributed by atoms with Gasteiger partial charge in [-0.2, -0.15) is 0 Å². The van der Waals surface area contributed by atoms with Crippen LogP contribution in [0.25, 0.3) is 0 Å². The highest BCUT2D eigenvalue weighted by atomic mass is 16.7. The van der Waals surface area contributed by atoms with E-state index in [4.69, 9.17) is 14.2 Å². The minimum absolute atomic E-state index is 0.152. The Hall–Kier alpha value is -1.79. The van der Waals surface area contributed by atoms with Crippen LogP contribution in [0.5, 0.6) is 11.5 Å². The SMILES string of the molecule is O=C(C[C@H]1CCCO1)N[C@H]1CC[C@H](CCN2CCC(c3cccc4c3OCO4)CC2)CC1. The molecule has 1 aromatic carbocycles. The lowest BCUT2D eigenvalue weighted by Crippen LogP contribution is -2.39. The van der Waals surface area contributed by atoms with Crippen LogP contribution in [0.2, 0.25) is 0 Å². The Kier molecular flexibility index (Phi) is 7.18. The molecule has 5 rings (SSSR count). The number of rotatable bonds is 7. The number of amides is 1. The summed E-state index contributed by atoms with van der Waals surface area (Å²) < 4.78 is 16.9. The Bertz CT molecular complexity index is 763. The van der Waals surface area contributed by atoms with E-state index in [0.717, 1.165) is 49.7 Å². The van der Waals surface area contributed by atoms with E-state index in [9.17, 15) is 4.79 Å². The first-order chi connectivity index (χ1) is 15.7. The van der Waals surface area contributed by atoms with E-state index in [-0.39, 0.29) is 12.0 Å². The maximum absolute atomic E-state index is 12.3. The molecule has 1 N–H and O–H groups in total. The third-order valence-electron chi connectivity index (χ3n) is 7.96. The molecule has 1 aromatic rings. The molecule has 3 fully saturated rings. The van der Waals surface area contributed by atoms with Crippen LogP contribution in [-0.2, 0) is 9.53 Å². The molecular formula is C26H38N2O4. The second-order valence-corrected chi connectivity index (χ2v) is 10.1. The van der Waals surface area contributed by atoms with E-state index in [1.54, 1.807) is 0 Å². The van der Waals surface area contributed by atoms with Crippen LogP contribution in [0.15, 0.2) is 18.2 Å². The van der Waals surface area contributed by atoms with Crippen molar-refractivity contribution < 1.29 is 19.0 Å². The molecule has 3 aliphatic heterocycles. The van der Waals surface area contributed by atoms with Gasteiger partial charge in [0.2, 0.25) is 12.7 Å². The van der Waals surface area contributed by atoms with Gasteiger partial charge in [-0.1, -0.05) is 12.1 Å². The Labute approximate surface area is 192 Å². The van der Waals surface area contributed by atoms with E-state index in [2.05, 4.69) is 22.3 Å². The number of hydrogen-bond acceptors (Lipinski definition) is 5. The number of carbonyl (C=O) groups excluding carboxylic acids is 1. The summed E-state index contributed by atoms with van der Waals surface area (Å²) in [5.74, 6) is 3.46. The van der Waals surface area contributed by atoms with Crippen LogP contribution in [0, 0.1) is 5.92 Å². The fourth-order valence-electron chi connectivity index (χ4n) is 6.00. The summed E-state index contributed by atoms with van der Waals surface area (Å²) in [6, 6.07) is 6.68. The van der Waals surface area contributed by atoms with Gasteiger partial charge in [0.25, 0.3) is 0 Å². The van der Waals surface area contributed by atoms with Crippen LogP contribution >= 0.6 is 0 Å². The van der Waals surface area contributed by atoms with Crippen LogP contribution < -0.4 is 14.8 Å². The number of para-hydroxylation sites is 1. The largest absolute Gasteiger partial charge is 0.454 e. The summed E-state index contributed by atoms with van der Waals surface area (Å²) in [6.07, 6.45) is 11.3. The maximum Gasteiger partial charge on any atom is 0.231 e. The van der Waals surface area contributed by atoms with Crippen molar-refractivity contribution in [1.82, 2.24) is 10.2 Å². The first-order valence-corrected chi connectivity index (χ1v) is 12.8. The van der Waals surface area contributed by atoms with Crippen LogP contribution in [0.3, 0.4) is 0 Å². The summed E-state index contributed by atoms with van der Waals surface area (Å²) in [7, 11) is 0. The van der Waals surface area contributed by atoms with Crippen LogP contribution in [-0.4, -0.2) is 56.0 Å². The Morgan fingerprint density at radius 2 is 1.88 bits per heavy atom. The van der Waals surface area contributed by atoms with Gasteiger partial charge in [0.15, 0.2) is 11.5 Å². The molecule has 6 heteroatoms. The van der Waals surface area contributed by atoms with Gasteiger partial charge < -0.3 is 24.4 Å². The number of benzene rings is 1. The number of ether oxygens (including phenoxy) is 3. The molecule has 32 heavy (non-hydrogen) atoms. The number of piperidine rings is 1. The van der Waals surface area contributed by atoms with E-state index < -0.39 is 0 Å². The van der Waals surface area contributed by atoms with Crippen molar-refractivity contribution in [1.29, 1.82) is 0 Å². The van der Waals surface area contributed by atoms with Gasteiger partial charge >= 0.3 is 0 Å². The van der Waals surface area contributed by atoms with Gasteiger partial charge in [0.1, 0.15) is 0 Å². The van der Waals surface area contributed by atoms with Crippen molar-refractivity contribution >= 4 is 5.91 Å². The van der Waals surface area contributed by atoms with Gasteiger partial charge in [-0.25, -0.2) is 0 Å². The second-order valence-electron chi connectivity index (χ2n) is 10.1. The smallest absolute Gasteiger partial charge is 0.231 e. The van der Waals surface area contributed by atoms with Crippen LogP contribution in [0.1, 0.15) is 75.7 Å². The third-order valence-corrected chi connectivity index (χ3v) is 7.96. The summed E-state index contributed by atoms with van der Waals surface area (Å²) >= 11 is 0. The molecule has 0 spiro atoms. The van der Waals surface area contributed by atoms with Gasteiger partial charge in [-0.15, -0.1) is 0 Å². The second kappa shape index (κ2) is 10.4. The average Bonchev–Trinajstić information content (AvgIpc) is 3.51. The number of fused-ring (bicyclic) bond motifs is 1. The number of likely N-dealkylation sites (tertiary alicyclic amines) is 1. The summed E-state index contributed by atoms with van der Waals surface area (Å²) in [4.78, 5) is 14.9. The monoisotopic (exact) mass is 442 g/mol. The molecule has 0 aromatic heterocycles. The molecule has 0 radical (unpaired) electrons. The fraction of sp³-hybridized carbons (Fsp3) is 0.731. The van der Waals surface area contributed by atoms with Crippen molar-refractivity contribution in [2.45, 2.75) is 82.3 Å². The van der Waals surface area contributed by atoms with Gasteiger partial charge in [-0.05, 0) is 95.3 Å². The summed E-state index contributed by atoms with van der Waals surface area (Å²) in [5, 5.41) is 3.26. The van der Waals surface area contributed by atoms with Crippen molar-refractivity contribution in [3.63, 3.8) is 0 Å². The fourth-order valence-corrected chi connectivity index (χ4v) is 6.00. The minimum Gasteiger partial charge on any atom is -0.454 e. The molecule has 176 valence electrons. The highest BCUT2D eigenvalue weighted by molar-refractivity contribution is 5.76. The molecule has 2 saturated heterocycles. The molecule has 1 saturated carbocycles. The highest BCUT2D eigenvalue weighted by Gasteiger charge is 2.28. The summed E-state index contributed by atoms with van der Waals surface area (Å²) in [6.45, 7) is 4.72. The first-order valence-electron chi connectivity index (χ1n) is 12.8. The van der Waals surface area contributed by atoms with Crippen molar-refractivity contribution in [3.8, 4) is 11.5 Å². The lowest BCUT2D eigenvalue weighted by molar-refractivity contribution is -0.124. The third kappa shape index (κ3) is 5.40. The lowest BCUT2D eigenvalue weighted by Gasteiger charge is -2.34. The zero-order chi connectivity index (χ0) is 21.8. The molecule has 1 atom stereocenters. The number of carbonyl (C=O) groups is 1. The minimum atomic E-state index is 0.152. The lowest BCUT2D eigenvalue weighted by atomic mass is 9.83. The molecule has 3 heterocycles. The Balaban J connectivity index is 0.988. The summed E-state index contributed by atoms with van der Waals surface area (Å²) in [5.41, 5.74) is 1.33. The molecular weight excluding hydrogens is 404 g/mol. The van der Waals surface area contributed by atoms with Gasteiger partial charge in [0, 0.05) is 18.2 Å². The van der Waals surface area contributed by atoms with E-state index in [1.165, 1.54) is 57.3 Å². The van der Waals surface area contributed by atoms with E-state index in [1.807, 2.05) is 6.07 Å². The van der Waals surface area contributed by atoms with Crippen molar-refractivity contribution in [2.75, 3.05) is 33.0 Å². The van der Waals surface area contributed by atoms with Crippen molar-refractivity contribution in [3.05, 3.63) is 23.8 Å². The molecule has 4 aliphatic rings. The molecule has 6 nitrogen and oxygen atoms in total. The predicted molar refractivity (Wildman–Crippen MR) is 123 cm³/mol. The molecule has 0 bridgehead atoms. The molecule has 1 aliphatic carbocycles. The van der Waals surface area contributed by atoms with E-state index >= 15 is 0 Å². The molecule has 1 amide bonds. The standard InChI is InChI=1S/C26H38N2O4/c29-25(17-22-3-2-16-30-22)27-21-8-6-19(7-9-21)10-13-28-14-11-20(12-15-28)23-4-1-5-24-26(23)32-18-31-24/h1,4-5,19-22H,2-3,6-18H2,(H,27,29)/t19-,21-,22-/m1/s1. The van der Waals surface area contributed by atoms with Gasteiger partial charge in [0.05, 0.1) is 12.5 Å². The van der Waals surface area contributed by atoms with Crippen LogP contribution in [0.4, 0.5) is 0 Å². The topological polar surface area (TPSA) is 60.0 Å². The molecule has 0 unspecified atom stereocenters. The van der Waals surface area contributed by atoms with E-state index in [0.29, 0.717) is 25.2 Å². The number of nitrogens with one attached hydrogen (secondary N) is 1. The maximum atomic E-state index is 12.3. The van der Waals surface area contributed by atoms with Crippen molar-refractivity contribution in [2.24, 2.45) is 5.92 Å². The first kappa shape index (κ1) is 22.0. The normalized spacial score (nSPS) is 28.7. The Morgan fingerprint density at radius 3 is 2.66 bits per heavy atom. The zero-order valence-corrected chi connectivity index (χ0v) is 19.2. The number of nitrogens with zero attached hydrogens (tertiary/aromatic N) is 1. The Morgan fingerprint density at radius 1 is 1.03 bits per heavy atom.